The Labute approximate surface area is 173 Å². The smallest absolute Gasteiger partial charge is 0.118 e. The molecule has 0 bridgehead atoms. The molecular formula is C25H26ClNO. The first-order chi connectivity index (χ1) is 13.3. The predicted octanol–water partition coefficient (Wildman–Crippen LogP) is 6.61. The molecule has 0 radical (unpaired) electrons. The Morgan fingerprint density at radius 3 is 2.46 bits per heavy atom. The van der Waals surface area contributed by atoms with Gasteiger partial charge in [0.2, 0.25) is 0 Å². The Hall–Kier alpha value is -2.58. The van der Waals surface area contributed by atoms with Gasteiger partial charge in [0.05, 0.1) is 7.11 Å². The molecule has 4 rings (SSSR count). The molecule has 1 atom stereocenters. The van der Waals surface area contributed by atoms with E-state index in [-0.39, 0.29) is 12.4 Å². The summed E-state index contributed by atoms with van der Waals surface area (Å²) in [6, 6.07) is 23.3. The third-order valence-corrected chi connectivity index (χ3v) is 5.36. The summed E-state index contributed by atoms with van der Waals surface area (Å²) in [5.41, 5.74) is 6.46. The molecule has 1 aromatic heterocycles. The summed E-state index contributed by atoms with van der Waals surface area (Å²) >= 11 is 0. The van der Waals surface area contributed by atoms with Crippen LogP contribution in [0.15, 0.2) is 79.0 Å². The Kier molecular flexibility index (Phi) is 6.89. The van der Waals surface area contributed by atoms with E-state index in [9.17, 15) is 0 Å². The molecule has 0 N–H and O–H groups in total. The molecule has 0 aliphatic heterocycles. The van der Waals surface area contributed by atoms with Crippen LogP contribution < -0.4 is 4.74 Å². The lowest BCUT2D eigenvalue weighted by Gasteiger charge is -2.23. The van der Waals surface area contributed by atoms with Gasteiger partial charge in [-0.2, -0.15) is 0 Å². The number of nitrogens with zero attached hydrogens (tertiary/aromatic N) is 1. The highest BCUT2D eigenvalue weighted by Crippen LogP contribution is 2.33. The third kappa shape index (κ3) is 4.82. The Balaban J connectivity index is 0.00000225. The van der Waals surface area contributed by atoms with Crippen LogP contribution in [0.5, 0.6) is 5.75 Å². The van der Waals surface area contributed by atoms with Crippen molar-refractivity contribution in [3.63, 3.8) is 0 Å². The second-order valence-electron chi connectivity index (χ2n) is 7.21. The normalized spacial score (nSPS) is 16.0. The molecule has 2 nitrogen and oxygen atoms in total. The van der Waals surface area contributed by atoms with E-state index in [1.807, 2.05) is 18.3 Å². The Bertz CT molecular complexity index is 919. The van der Waals surface area contributed by atoms with Gasteiger partial charge in [-0.25, -0.2) is 0 Å². The lowest BCUT2D eigenvalue weighted by Crippen LogP contribution is -2.10. The number of halogens is 1. The van der Waals surface area contributed by atoms with Gasteiger partial charge in [-0.1, -0.05) is 48.5 Å². The zero-order chi connectivity index (χ0) is 18.5. The summed E-state index contributed by atoms with van der Waals surface area (Å²) < 4.78 is 5.28. The molecule has 3 aromatic rings. The summed E-state index contributed by atoms with van der Waals surface area (Å²) in [5, 5.41) is 0. The second kappa shape index (κ2) is 9.57. The zero-order valence-electron chi connectivity index (χ0n) is 16.2. The number of ether oxygens (including phenoxy) is 1. The molecule has 0 fully saturated rings. The lowest BCUT2D eigenvalue weighted by atomic mass is 9.83. The van der Waals surface area contributed by atoms with E-state index < -0.39 is 0 Å². The molecule has 0 spiro atoms. The summed E-state index contributed by atoms with van der Waals surface area (Å²) in [5.74, 6) is 1.55. The molecule has 0 amide bonds. The molecule has 1 aliphatic rings. The topological polar surface area (TPSA) is 22.1 Å². The molecule has 1 heterocycles. The molecule has 3 heteroatoms. The molecule has 2 aromatic carbocycles. The van der Waals surface area contributed by atoms with Gasteiger partial charge in [-0.3, -0.25) is 4.98 Å². The molecule has 1 unspecified atom stereocenters. The van der Waals surface area contributed by atoms with Crippen molar-refractivity contribution in [1.82, 2.24) is 4.98 Å². The lowest BCUT2D eigenvalue weighted by molar-refractivity contribution is 0.414. The first kappa shape index (κ1) is 20.2. The number of hydrogen-bond acceptors (Lipinski definition) is 2. The number of aromatic nitrogens is 1. The Morgan fingerprint density at radius 1 is 0.929 bits per heavy atom. The monoisotopic (exact) mass is 391 g/mol. The van der Waals surface area contributed by atoms with Gasteiger partial charge in [-0.15, -0.1) is 12.4 Å². The molecular weight excluding hydrogens is 366 g/mol. The number of rotatable bonds is 5. The highest BCUT2D eigenvalue weighted by Gasteiger charge is 2.18. The van der Waals surface area contributed by atoms with Crippen LogP contribution >= 0.6 is 12.4 Å². The molecule has 1 aliphatic carbocycles. The van der Waals surface area contributed by atoms with Crippen molar-refractivity contribution in [2.45, 2.75) is 25.7 Å². The third-order valence-electron chi connectivity index (χ3n) is 5.36. The van der Waals surface area contributed by atoms with Crippen LogP contribution in [0, 0.1) is 5.92 Å². The summed E-state index contributed by atoms with van der Waals surface area (Å²) in [7, 11) is 1.71. The minimum atomic E-state index is 0. The predicted molar refractivity (Wildman–Crippen MR) is 119 cm³/mol. The first-order valence-corrected chi connectivity index (χ1v) is 9.65. The minimum Gasteiger partial charge on any atom is -0.497 e. The van der Waals surface area contributed by atoms with Gasteiger partial charge in [0.15, 0.2) is 0 Å². The van der Waals surface area contributed by atoms with Gasteiger partial charge in [0, 0.05) is 11.9 Å². The molecule has 28 heavy (non-hydrogen) atoms. The number of allylic oxidation sites excluding steroid dienone is 2. The number of hydrogen-bond donors (Lipinski definition) is 0. The van der Waals surface area contributed by atoms with Crippen molar-refractivity contribution in [3.05, 3.63) is 90.3 Å². The van der Waals surface area contributed by atoms with E-state index in [2.05, 4.69) is 65.7 Å². The number of methoxy groups -OCH3 is 1. The van der Waals surface area contributed by atoms with Gasteiger partial charge < -0.3 is 4.74 Å². The number of benzene rings is 2. The van der Waals surface area contributed by atoms with Gasteiger partial charge in [0.25, 0.3) is 0 Å². The van der Waals surface area contributed by atoms with Crippen LogP contribution in [0.2, 0.25) is 0 Å². The Morgan fingerprint density at radius 2 is 1.71 bits per heavy atom. The fourth-order valence-electron chi connectivity index (χ4n) is 3.90. The molecule has 144 valence electrons. The van der Waals surface area contributed by atoms with Crippen molar-refractivity contribution < 1.29 is 4.74 Å². The van der Waals surface area contributed by atoms with Crippen molar-refractivity contribution in [2.75, 3.05) is 7.11 Å². The van der Waals surface area contributed by atoms with E-state index in [4.69, 9.17) is 4.74 Å². The van der Waals surface area contributed by atoms with Gasteiger partial charge in [-0.05, 0) is 78.1 Å². The van der Waals surface area contributed by atoms with E-state index in [1.54, 1.807) is 7.11 Å². The van der Waals surface area contributed by atoms with E-state index in [0.29, 0.717) is 5.92 Å². The maximum atomic E-state index is 5.28. The average molecular weight is 392 g/mol. The maximum absolute atomic E-state index is 5.28. The van der Waals surface area contributed by atoms with Crippen molar-refractivity contribution in [1.29, 1.82) is 0 Å². The first-order valence-electron chi connectivity index (χ1n) is 9.65. The summed E-state index contributed by atoms with van der Waals surface area (Å²) in [6.45, 7) is 0. The maximum Gasteiger partial charge on any atom is 0.118 e. The second-order valence-corrected chi connectivity index (χ2v) is 7.21. The average Bonchev–Trinajstić information content (AvgIpc) is 2.75. The van der Waals surface area contributed by atoms with Crippen LogP contribution in [0.4, 0.5) is 0 Å². The fraction of sp³-hybridized carbons (Fsp3) is 0.240. The van der Waals surface area contributed by atoms with Crippen LogP contribution in [0.25, 0.3) is 16.7 Å². The fourth-order valence-corrected chi connectivity index (χ4v) is 3.90. The van der Waals surface area contributed by atoms with E-state index in [1.165, 1.54) is 34.4 Å². The minimum absolute atomic E-state index is 0. The van der Waals surface area contributed by atoms with Gasteiger partial charge >= 0.3 is 0 Å². The zero-order valence-corrected chi connectivity index (χ0v) is 17.0. The molecule has 0 saturated carbocycles. The van der Waals surface area contributed by atoms with Crippen LogP contribution in [-0.4, -0.2) is 12.1 Å². The van der Waals surface area contributed by atoms with E-state index >= 15 is 0 Å². The van der Waals surface area contributed by atoms with Crippen LogP contribution in [0.1, 0.15) is 30.5 Å². The van der Waals surface area contributed by atoms with E-state index in [0.717, 1.165) is 25.0 Å². The van der Waals surface area contributed by atoms with Crippen LogP contribution in [0.3, 0.4) is 0 Å². The van der Waals surface area contributed by atoms with Crippen molar-refractivity contribution >= 4 is 18.0 Å². The summed E-state index contributed by atoms with van der Waals surface area (Å²) in [6.07, 6.45) is 8.87. The number of pyridine rings is 1. The highest BCUT2D eigenvalue weighted by molar-refractivity contribution is 5.85. The van der Waals surface area contributed by atoms with Crippen LogP contribution in [-0.2, 0) is 6.42 Å². The summed E-state index contributed by atoms with van der Waals surface area (Å²) in [4.78, 5) is 4.64. The quantitative estimate of drug-likeness (QED) is 0.488. The van der Waals surface area contributed by atoms with Crippen molar-refractivity contribution in [2.24, 2.45) is 5.92 Å². The largest absolute Gasteiger partial charge is 0.497 e. The van der Waals surface area contributed by atoms with Gasteiger partial charge in [0.1, 0.15) is 5.75 Å². The van der Waals surface area contributed by atoms with Crippen molar-refractivity contribution in [3.8, 4) is 16.9 Å². The molecule has 0 saturated heterocycles. The highest BCUT2D eigenvalue weighted by atomic mass is 35.5. The SMILES string of the molecule is COc1ccc(C2=CCCC(Cc3cc(-c4ccccc4)ccn3)C2)cc1.Cl. The standard InChI is InChI=1S/C25H25NO.ClH/c1-27-25-12-10-21(11-13-25)22-9-5-6-19(16-22)17-24-18-23(14-15-26-24)20-7-3-2-4-8-20;/h2-4,7-15,18-19H,5-6,16-17H2,1H3;1H.